The summed E-state index contributed by atoms with van der Waals surface area (Å²) in [6.07, 6.45) is 0. The SMILES string of the molecule is Cc1[nH]n(-c2ccccc2)c(=O)c1/C(=N/NC(=O)c1cc(-c2ccccc2)n[nH]1)c1ccccc1. The quantitative estimate of drug-likeness (QED) is 0.262. The van der Waals surface area contributed by atoms with Gasteiger partial charge in [-0.1, -0.05) is 78.9 Å². The predicted molar refractivity (Wildman–Crippen MR) is 135 cm³/mol. The highest BCUT2D eigenvalue weighted by Crippen LogP contribution is 2.17. The van der Waals surface area contributed by atoms with Gasteiger partial charge in [-0.3, -0.25) is 19.8 Å². The third-order valence-corrected chi connectivity index (χ3v) is 5.53. The smallest absolute Gasteiger partial charge is 0.289 e. The number of H-pyrrole nitrogens is 2. The number of benzene rings is 3. The monoisotopic (exact) mass is 462 g/mol. The van der Waals surface area contributed by atoms with Crippen molar-refractivity contribution in [2.45, 2.75) is 6.92 Å². The zero-order valence-electron chi connectivity index (χ0n) is 18.9. The summed E-state index contributed by atoms with van der Waals surface area (Å²) in [4.78, 5) is 26.3. The second-order valence-electron chi connectivity index (χ2n) is 7.89. The largest absolute Gasteiger partial charge is 0.295 e. The summed E-state index contributed by atoms with van der Waals surface area (Å²) in [6.45, 7) is 1.80. The van der Waals surface area contributed by atoms with Crippen molar-refractivity contribution in [3.05, 3.63) is 130 Å². The van der Waals surface area contributed by atoms with Crippen LogP contribution < -0.4 is 11.0 Å². The van der Waals surface area contributed by atoms with Gasteiger partial charge in [0.05, 0.1) is 16.9 Å². The topological polar surface area (TPSA) is 108 Å². The molecular formula is C27H22N6O2. The van der Waals surface area contributed by atoms with E-state index >= 15 is 0 Å². The highest BCUT2D eigenvalue weighted by atomic mass is 16.2. The summed E-state index contributed by atoms with van der Waals surface area (Å²) >= 11 is 0. The fourth-order valence-electron chi connectivity index (χ4n) is 3.81. The van der Waals surface area contributed by atoms with E-state index in [1.165, 1.54) is 4.68 Å². The van der Waals surface area contributed by atoms with Crippen molar-refractivity contribution in [2.75, 3.05) is 0 Å². The molecule has 0 spiro atoms. The van der Waals surface area contributed by atoms with E-state index in [-0.39, 0.29) is 11.3 Å². The van der Waals surface area contributed by atoms with E-state index in [0.717, 1.165) is 5.56 Å². The van der Waals surface area contributed by atoms with Crippen molar-refractivity contribution in [3.63, 3.8) is 0 Å². The molecule has 1 amide bonds. The molecule has 172 valence electrons. The van der Waals surface area contributed by atoms with E-state index in [9.17, 15) is 9.59 Å². The molecule has 0 atom stereocenters. The number of para-hydroxylation sites is 1. The van der Waals surface area contributed by atoms with Gasteiger partial charge >= 0.3 is 0 Å². The Kier molecular flexibility index (Phi) is 5.92. The summed E-state index contributed by atoms with van der Waals surface area (Å²) in [5.41, 5.74) is 6.86. The van der Waals surface area contributed by atoms with Crippen molar-refractivity contribution in [3.8, 4) is 16.9 Å². The first-order valence-corrected chi connectivity index (χ1v) is 11.0. The molecule has 5 rings (SSSR count). The highest BCUT2D eigenvalue weighted by molar-refractivity contribution is 6.13. The van der Waals surface area contributed by atoms with E-state index in [1.807, 2.05) is 91.0 Å². The lowest BCUT2D eigenvalue weighted by atomic mass is 10.0. The molecule has 0 aliphatic rings. The molecule has 0 fully saturated rings. The molecule has 8 heteroatoms. The van der Waals surface area contributed by atoms with Gasteiger partial charge in [0.2, 0.25) is 0 Å². The summed E-state index contributed by atoms with van der Waals surface area (Å²) in [7, 11) is 0. The molecule has 0 unspecified atom stereocenters. The molecular weight excluding hydrogens is 440 g/mol. The zero-order valence-corrected chi connectivity index (χ0v) is 18.9. The number of hydrogen-bond donors (Lipinski definition) is 3. The molecule has 2 heterocycles. The Morgan fingerprint density at radius 1 is 0.914 bits per heavy atom. The minimum Gasteiger partial charge on any atom is -0.295 e. The van der Waals surface area contributed by atoms with Gasteiger partial charge in [0.25, 0.3) is 11.5 Å². The lowest BCUT2D eigenvalue weighted by molar-refractivity contribution is 0.0950. The van der Waals surface area contributed by atoms with Crippen molar-refractivity contribution in [2.24, 2.45) is 5.10 Å². The summed E-state index contributed by atoms with van der Waals surface area (Å²) < 4.78 is 1.46. The summed E-state index contributed by atoms with van der Waals surface area (Å²) in [6, 6.07) is 29.8. The molecule has 0 saturated heterocycles. The molecule has 0 aliphatic heterocycles. The molecule has 3 aromatic carbocycles. The Balaban J connectivity index is 1.50. The van der Waals surface area contributed by atoms with Gasteiger partial charge in [-0.2, -0.15) is 10.2 Å². The van der Waals surface area contributed by atoms with Gasteiger partial charge in [0, 0.05) is 16.8 Å². The van der Waals surface area contributed by atoms with Crippen LogP contribution in [0.2, 0.25) is 0 Å². The Labute approximate surface area is 200 Å². The van der Waals surface area contributed by atoms with E-state index in [4.69, 9.17) is 0 Å². The number of rotatable bonds is 6. The van der Waals surface area contributed by atoms with Gasteiger partial charge in [0.1, 0.15) is 11.4 Å². The van der Waals surface area contributed by atoms with Crippen LogP contribution in [0.15, 0.2) is 107 Å². The minimum absolute atomic E-state index is 0.257. The molecule has 35 heavy (non-hydrogen) atoms. The maximum Gasteiger partial charge on any atom is 0.289 e. The normalized spacial score (nSPS) is 11.4. The number of nitrogens with one attached hydrogen (secondary N) is 3. The molecule has 0 radical (unpaired) electrons. The van der Waals surface area contributed by atoms with Gasteiger partial charge in [0.15, 0.2) is 0 Å². The number of carbonyl (C=O) groups is 1. The Hall–Kier alpha value is -4.98. The van der Waals surface area contributed by atoms with E-state index < -0.39 is 5.91 Å². The molecule has 5 aromatic rings. The molecule has 0 bridgehead atoms. The zero-order chi connectivity index (χ0) is 24.2. The minimum atomic E-state index is -0.468. The fraction of sp³-hybridized carbons (Fsp3) is 0.0370. The maximum absolute atomic E-state index is 13.4. The molecule has 3 N–H and O–H groups in total. The van der Waals surface area contributed by atoms with Gasteiger partial charge in [-0.25, -0.2) is 10.1 Å². The Bertz CT molecular complexity index is 1550. The molecule has 2 aromatic heterocycles. The summed E-state index contributed by atoms with van der Waals surface area (Å²) in [5, 5.41) is 14.5. The second kappa shape index (κ2) is 9.48. The van der Waals surface area contributed by atoms with Crippen LogP contribution in [0.4, 0.5) is 0 Å². The maximum atomic E-state index is 13.4. The fourth-order valence-corrected chi connectivity index (χ4v) is 3.81. The van der Waals surface area contributed by atoms with E-state index in [2.05, 4.69) is 25.8 Å². The lowest BCUT2D eigenvalue weighted by Gasteiger charge is -2.06. The predicted octanol–water partition coefficient (Wildman–Crippen LogP) is 4.05. The standard InChI is InChI=1S/C27H22N6O2/c1-18-24(27(35)33(32-18)21-15-9-4-10-16-21)25(20-13-7-3-8-14-20)30-31-26(34)23-17-22(28-29-23)19-11-5-2-6-12-19/h2-17,32H,1H3,(H,28,29)(H,31,34)/b30-25+. The third kappa shape index (κ3) is 4.45. The van der Waals surface area contributed by atoms with Crippen molar-refractivity contribution in [1.82, 2.24) is 25.4 Å². The van der Waals surface area contributed by atoms with Gasteiger partial charge in [-0.15, -0.1) is 0 Å². The first-order valence-electron chi connectivity index (χ1n) is 11.0. The number of amides is 1. The average molecular weight is 463 g/mol. The van der Waals surface area contributed by atoms with Crippen molar-refractivity contribution >= 4 is 11.6 Å². The van der Waals surface area contributed by atoms with Gasteiger partial charge in [-0.05, 0) is 25.1 Å². The van der Waals surface area contributed by atoms with Crippen molar-refractivity contribution in [1.29, 1.82) is 0 Å². The lowest BCUT2D eigenvalue weighted by Crippen LogP contribution is -2.25. The average Bonchev–Trinajstić information content (AvgIpc) is 3.51. The number of nitrogens with zero attached hydrogens (tertiary/aromatic N) is 3. The number of aromatic amines is 2. The van der Waals surface area contributed by atoms with Crippen LogP contribution in [-0.2, 0) is 0 Å². The molecule has 0 aliphatic carbocycles. The van der Waals surface area contributed by atoms with Crippen LogP contribution in [-0.4, -0.2) is 31.6 Å². The number of hydrogen-bond acceptors (Lipinski definition) is 4. The van der Waals surface area contributed by atoms with Crippen LogP contribution in [0.1, 0.15) is 27.3 Å². The molecule has 0 saturated carbocycles. The number of aromatic nitrogens is 4. The second-order valence-corrected chi connectivity index (χ2v) is 7.89. The highest BCUT2D eigenvalue weighted by Gasteiger charge is 2.20. The first-order chi connectivity index (χ1) is 17.1. The van der Waals surface area contributed by atoms with Crippen LogP contribution in [0.25, 0.3) is 16.9 Å². The number of hydrazone groups is 1. The van der Waals surface area contributed by atoms with Crippen molar-refractivity contribution < 1.29 is 4.79 Å². The summed E-state index contributed by atoms with van der Waals surface area (Å²) in [5.74, 6) is -0.468. The first kappa shape index (κ1) is 21.8. The molecule has 8 nitrogen and oxygen atoms in total. The van der Waals surface area contributed by atoms with Crippen LogP contribution >= 0.6 is 0 Å². The number of carbonyl (C=O) groups excluding carboxylic acids is 1. The van der Waals surface area contributed by atoms with Gasteiger partial charge < -0.3 is 0 Å². The van der Waals surface area contributed by atoms with Crippen LogP contribution in [0, 0.1) is 6.92 Å². The van der Waals surface area contributed by atoms with E-state index in [0.29, 0.717) is 33.9 Å². The van der Waals surface area contributed by atoms with Crippen LogP contribution in [0.3, 0.4) is 0 Å². The van der Waals surface area contributed by atoms with E-state index in [1.54, 1.807) is 13.0 Å². The third-order valence-electron chi connectivity index (χ3n) is 5.53. The number of aryl methyl sites for hydroxylation is 1. The Morgan fingerprint density at radius 2 is 1.54 bits per heavy atom. The Morgan fingerprint density at radius 3 is 2.23 bits per heavy atom. The van der Waals surface area contributed by atoms with Crippen LogP contribution in [0.5, 0.6) is 0 Å².